The van der Waals surface area contributed by atoms with Crippen LogP contribution in [0, 0.1) is 0 Å². The van der Waals surface area contributed by atoms with E-state index in [9.17, 15) is 9.59 Å². The van der Waals surface area contributed by atoms with Gasteiger partial charge in [-0.2, -0.15) is 0 Å². The minimum atomic E-state index is -0.724. The third-order valence-electron chi connectivity index (χ3n) is 2.25. The van der Waals surface area contributed by atoms with Crippen molar-refractivity contribution in [2.24, 2.45) is 0 Å². The van der Waals surface area contributed by atoms with E-state index in [2.05, 4.69) is 4.84 Å². The van der Waals surface area contributed by atoms with Crippen molar-refractivity contribution in [2.75, 3.05) is 7.11 Å². The van der Waals surface area contributed by atoms with Crippen LogP contribution < -0.4 is 0 Å². The van der Waals surface area contributed by atoms with Gasteiger partial charge >= 0.3 is 0 Å². The van der Waals surface area contributed by atoms with E-state index >= 15 is 0 Å². The van der Waals surface area contributed by atoms with Crippen LogP contribution in [-0.2, 0) is 4.84 Å². The van der Waals surface area contributed by atoms with Gasteiger partial charge < -0.3 is 0 Å². The molecule has 17 heavy (non-hydrogen) atoms. The molecule has 2 amide bonds. The van der Waals surface area contributed by atoms with Crippen LogP contribution in [0.15, 0.2) is 0 Å². The summed E-state index contributed by atoms with van der Waals surface area (Å²) in [5.74, 6) is -1.45. The number of hydrogen-bond acceptors (Lipinski definition) is 3. The van der Waals surface area contributed by atoms with E-state index in [0.29, 0.717) is 5.06 Å². The van der Waals surface area contributed by atoms with E-state index in [1.807, 2.05) is 0 Å². The molecule has 2 rings (SSSR count). The Balaban J connectivity index is 2.84. The summed E-state index contributed by atoms with van der Waals surface area (Å²) in [7, 11) is 1.17. The Hall–Kier alpha value is -0.520. The lowest BCUT2D eigenvalue weighted by Crippen LogP contribution is -2.28. The van der Waals surface area contributed by atoms with E-state index in [1.54, 1.807) is 0 Å². The van der Waals surface area contributed by atoms with Crippen LogP contribution in [-0.4, -0.2) is 24.0 Å². The number of amides is 2. The highest BCUT2D eigenvalue weighted by molar-refractivity contribution is 6.55. The lowest BCUT2D eigenvalue weighted by atomic mass is 10.1. The molecule has 0 N–H and O–H groups in total. The number of nitrogens with zero attached hydrogens (tertiary/aromatic N) is 1. The molecule has 0 unspecified atom stereocenters. The van der Waals surface area contributed by atoms with Crippen molar-refractivity contribution in [3.63, 3.8) is 0 Å². The molecule has 1 aromatic carbocycles. The van der Waals surface area contributed by atoms with Gasteiger partial charge in [-0.3, -0.25) is 14.4 Å². The molecular formula is C9H3Cl4NO3. The van der Waals surface area contributed by atoms with Crippen LogP contribution in [0.2, 0.25) is 20.1 Å². The summed E-state index contributed by atoms with van der Waals surface area (Å²) in [5.41, 5.74) is -0.198. The first-order valence-corrected chi connectivity index (χ1v) is 5.71. The summed E-state index contributed by atoms with van der Waals surface area (Å²) in [6.45, 7) is 0. The number of fused-ring (bicyclic) bond motifs is 1. The Bertz CT molecular complexity index is 511. The maximum absolute atomic E-state index is 11.8. The zero-order valence-electron chi connectivity index (χ0n) is 8.18. The average Bonchev–Trinajstić information content (AvgIpc) is 2.55. The zero-order valence-corrected chi connectivity index (χ0v) is 11.2. The second-order valence-electron chi connectivity index (χ2n) is 3.09. The third-order valence-corrected chi connectivity index (χ3v) is 4.05. The van der Waals surface area contributed by atoms with E-state index in [4.69, 9.17) is 46.4 Å². The molecule has 1 aliphatic heterocycles. The summed E-state index contributed by atoms with van der Waals surface area (Å²) in [4.78, 5) is 28.3. The van der Waals surface area contributed by atoms with Crippen molar-refractivity contribution in [3.05, 3.63) is 31.2 Å². The highest BCUT2D eigenvalue weighted by Crippen LogP contribution is 2.44. The molecule has 8 heteroatoms. The predicted molar refractivity (Wildman–Crippen MR) is 64.0 cm³/mol. The van der Waals surface area contributed by atoms with Crippen LogP contribution >= 0.6 is 46.4 Å². The number of carbonyl (C=O) groups is 2. The van der Waals surface area contributed by atoms with Crippen LogP contribution in [0.3, 0.4) is 0 Å². The van der Waals surface area contributed by atoms with Crippen molar-refractivity contribution < 1.29 is 14.4 Å². The predicted octanol–water partition coefficient (Wildman–Crippen LogP) is 3.46. The minimum Gasteiger partial charge on any atom is -0.266 e. The van der Waals surface area contributed by atoms with E-state index in [0.717, 1.165) is 0 Å². The average molecular weight is 315 g/mol. The lowest BCUT2D eigenvalue weighted by molar-refractivity contribution is -0.0645. The Labute approximate surface area is 116 Å². The number of hydroxylamine groups is 2. The van der Waals surface area contributed by atoms with Gasteiger partial charge in [-0.05, 0) is 0 Å². The second kappa shape index (κ2) is 4.30. The number of rotatable bonds is 1. The topological polar surface area (TPSA) is 46.6 Å². The molecular weight excluding hydrogens is 312 g/mol. The molecule has 0 aliphatic carbocycles. The smallest absolute Gasteiger partial charge is 0.266 e. The van der Waals surface area contributed by atoms with E-state index in [1.165, 1.54) is 7.11 Å². The van der Waals surface area contributed by atoms with Crippen LogP contribution in [0.1, 0.15) is 20.7 Å². The van der Waals surface area contributed by atoms with Gasteiger partial charge in [0.05, 0.1) is 38.3 Å². The summed E-state index contributed by atoms with van der Waals surface area (Å²) < 4.78 is 0. The van der Waals surface area contributed by atoms with E-state index < -0.39 is 11.8 Å². The first-order chi connectivity index (χ1) is 7.91. The third kappa shape index (κ3) is 1.63. The summed E-state index contributed by atoms with van der Waals surface area (Å²) in [6, 6.07) is 0. The van der Waals surface area contributed by atoms with Crippen molar-refractivity contribution in [3.8, 4) is 0 Å². The SMILES string of the molecule is CON1C(=O)c2c(Cl)c(Cl)c(Cl)c(Cl)c2C1=O. The minimum absolute atomic E-state index is 0.0730. The van der Waals surface area contributed by atoms with Gasteiger partial charge in [0.2, 0.25) is 0 Å². The fraction of sp³-hybridized carbons (Fsp3) is 0.111. The fourth-order valence-electron chi connectivity index (χ4n) is 1.49. The maximum atomic E-state index is 11.8. The largest absolute Gasteiger partial charge is 0.287 e. The Morgan fingerprint density at radius 3 is 1.47 bits per heavy atom. The molecule has 1 aromatic rings. The first-order valence-electron chi connectivity index (χ1n) is 4.20. The molecule has 4 nitrogen and oxygen atoms in total. The number of hydrogen-bond donors (Lipinski definition) is 0. The molecule has 0 radical (unpaired) electrons. The van der Waals surface area contributed by atoms with Crippen LogP contribution in [0.25, 0.3) is 0 Å². The van der Waals surface area contributed by atoms with Gasteiger partial charge in [-0.25, -0.2) is 0 Å². The second-order valence-corrected chi connectivity index (χ2v) is 4.61. The van der Waals surface area contributed by atoms with Crippen molar-refractivity contribution >= 4 is 58.2 Å². The van der Waals surface area contributed by atoms with Crippen molar-refractivity contribution in [1.82, 2.24) is 5.06 Å². The zero-order chi connectivity index (χ0) is 12.9. The molecule has 0 atom stereocenters. The number of imide groups is 1. The van der Waals surface area contributed by atoms with Gasteiger partial charge in [-0.1, -0.05) is 46.4 Å². The fourth-order valence-corrected chi connectivity index (χ4v) is 2.51. The van der Waals surface area contributed by atoms with E-state index in [-0.39, 0.29) is 31.2 Å². The van der Waals surface area contributed by atoms with Crippen molar-refractivity contribution in [1.29, 1.82) is 0 Å². The van der Waals surface area contributed by atoms with Crippen molar-refractivity contribution in [2.45, 2.75) is 0 Å². The monoisotopic (exact) mass is 313 g/mol. The number of benzene rings is 1. The standard InChI is InChI=1S/C9H3Cl4NO3/c1-17-14-8(15)2-3(9(14)16)5(11)7(13)6(12)4(2)10/h1H3. The highest BCUT2D eigenvalue weighted by Gasteiger charge is 2.42. The van der Waals surface area contributed by atoms with Gasteiger partial charge in [0, 0.05) is 0 Å². The van der Waals surface area contributed by atoms with Crippen LogP contribution in [0.5, 0.6) is 0 Å². The number of halogens is 4. The Morgan fingerprint density at radius 2 is 1.18 bits per heavy atom. The van der Waals surface area contributed by atoms with Gasteiger partial charge in [0.25, 0.3) is 11.8 Å². The molecule has 1 aliphatic rings. The first kappa shape index (κ1) is 12.9. The highest BCUT2D eigenvalue weighted by atomic mass is 35.5. The molecule has 0 aromatic heterocycles. The summed E-state index contributed by atoms with van der Waals surface area (Å²) in [6.07, 6.45) is 0. The lowest BCUT2D eigenvalue weighted by Gasteiger charge is -2.08. The van der Waals surface area contributed by atoms with Gasteiger partial charge in [0.1, 0.15) is 0 Å². The summed E-state index contributed by atoms with van der Waals surface area (Å²) >= 11 is 23.3. The Kier molecular flexibility index (Phi) is 3.27. The molecule has 1 heterocycles. The summed E-state index contributed by atoms with van der Waals surface area (Å²) in [5, 5.41) is 0.157. The normalized spacial score (nSPS) is 14.5. The molecule has 90 valence electrons. The molecule has 0 saturated heterocycles. The molecule has 0 spiro atoms. The van der Waals surface area contributed by atoms with Gasteiger partial charge in [-0.15, -0.1) is 5.06 Å². The molecule has 0 fully saturated rings. The quantitative estimate of drug-likeness (QED) is 0.453. The van der Waals surface area contributed by atoms with Gasteiger partial charge in [0.15, 0.2) is 0 Å². The maximum Gasteiger partial charge on any atom is 0.287 e. The van der Waals surface area contributed by atoms with Crippen LogP contribution in [0.4, 0.5) is 0 Å². The molecule has 0 saturated carbocycles. The Morgan fingerprint density at radius 1 is 0.824 bits per heavy atom. The number of carbonyl (C=O) groups excluding carboxylic acids is 2. The molecule has 0 bridgehead atoms.